The van der Waals surface area contributed by atoms with E-state index in [-0.39, 0.29) is 17.6 Å². The first kappa shape index (κ1) is 20.8. The molecule has 0 fully saturated rings. The number of nitrogens with zero attached hydrogens (tertiary/aromatic N) is 3. The maximum absolute atomic E-state index is 11.8. The maximum atomic E-state index is 11.8. The zero-order valence-corrected chi connectivity index (χ0v) is 16.6. The van der Waals surface area contributed by atoms with Crippen LogP contribution in [0.1, 0.15) is 23.7 Å². The summed E-state index contributed by atoms with van der Waals surface area (Å²) in [6, 6.07) is 17.0. The lowest BCUT2D eigenvalue weighted by molar-refractivity contribution is -0.161. The van der Waals surface area contributed by atoms with Gasteiger partial charge in [0.15, 0.2) is 5.60 Å². The summed E-state index contributed by atoms with van der Waals surface area (Å²) in [5.41, 5.74) is -0.375. The number of aromatic nitrogens is 2. The highest BCUT2D eigenvalue weighted by atomic mass is 16.5. The van der Waals surface area contributed by atoms with Crippen LogP contribution in [0, 0.1) is 18.3 Å². The number of benzene rings is 2. The van der Waals surface area contributed by atoms with E-state index in [9.17, 15) is 15.2 Å². The Morgan fingerprint density at radius 1 is 1.07 bits per heavy atom. The van der Waals surface area contributed by atoms with Gasteiger partial charge in [-0.1, -0.05) is 30.3 Å². The number of aliphatic carboxylic acids is 1. The molecule has 0 bridgehead atoms. The summed E-state index contributed by atoms with van der Waals surface area (Å²) in [7, 11) is 1.32. The highest BCUT2D eigenvalue weighted by Crippen LogP contribution is 2.35. The average Bonchev–Trinajstić information content (AvgIpc) is 2.73. The van der Waals surface area contributed by atoms with Crippen LogP contribution in [0.4, 0.5) is 0 Å². The van der Waals surface area contributed by atoms with Crippen LogP contribution in [0.15, 0.2) is 54.6 Å². The maximum Gasteiger partial charge on any atom is 0.340 e. The molecule has 0 spiro atoms. The second-order valence-electron chi connectivity index (χ2n) is 6.48. The molecule has 1 aromatic heterocycles. The Bertz CT molecular complexity index is 1130. The minimum Gasteiger partial charge on any atom is -0.479 e. The van der Waals surface area contributed by atoms with E-state index in [4.69, 9.17) is 14.2 Å². The molecule has 0 aliphatic heterocycles. The van der Waals surface area contributed by atoms with Crippen molar-refractivity contribution in [2.75, 3.05) is 7.11 Å². The standard InChI is InChI=1S/C22H19N3O5/c1-14-12-19(25-21(24-14)30-17-10-6-4-8-15(17)13-23)29-18-11-7-5-9-16(18)22(2,28-3)20(26)27/h4-12H,1-3H3,(H,26,27). The molecule has 0 saturated carbocycles. The number of carboxylic acids is 1. The van der Waals surface area contributed by atoms with Crippen molar-refractivity contribution in [1.82, 2.24) is 9.97 Å². The fraction of sp³-hybridized carbons (Fsp3) is 0.182. The van der Waals surface area contributed by atoms with Crippen LogP contribution < -0.4 is 9.47 Å². The lowest BCUT2D eigenvalue weighted by Crippen LogP contribution is -2.34. The molecule has 1 heterocycles. The molecule has 1 N–H and O–H groups in total. The zero-order valence-electron chi connectivity index (χ0n) is 16.6. The molecule has 0 saturated heterocycles. The molecule has 1 atom stereocenters. The summed E-state index contributed by atoms with van der Waals surface area (Å²) in [6.07, 6.45) is 0. The number of carboxylic acid groups (broad SMARTS) is 1. The molecule has 2 aromatic carbocycles. The highest BCUT2D eigenvalue weighted by molar-refractivity contribution is 5.80. The number of hydrogen-bond acceptors (Lipinski definition) is 7. The average molecular weight is 405 g/mol. The Hall–Kier alpha value is -3.96. The Morgan fingerprint density at radius 2 is 1.73 bits per heavy atom. The van der Waals surface area contributed by atoms with Gasteiger partial charge in [0, 0.05) is 24.4 Å². The summed E-state index contributed by atoms with van der Waals surface area (Å²) in [5, 5.41) is 18.8. The summed E-state index contributed by atoms with van der Waals surface area (Å²) < 4.78 is 16.8. The van der Waals surface area contributed by atoms with Crippen molar-refractivity contribution in [1.29, 1.82) is 5.26 Å². The van der Waals surface area contributed by atoms with Crippen molar-refractivity contribution >= 4 is 5.97 Å². The molecule has 8 heteroatoms. The SMILES string of the molecule is COC(C)(C(=O)O)c1ccccc1Oc1cc(C)nc(Oc2ccccc2C#N)n1. The number of hydrogen-bond donors (Lipinski definition) is 1. The van der Waals surface area contributed by atoms with Gasteiger partial charge in [-0.05, 0) is 32.0 Å². The van der Waals surface area contributed by atoms with Crippen LogP contribution in [-0.4, -0.2) is 28.2 Å². The largest absolute Gasteiger partial charge is 0.479 e. The summed E-state index contributed by atoms with van der Waals surface area (Å²) in [6.45, 7) is 3.18. The summed E-state index contributed by atoms with van der Waals surface area (Å²) >= 11 is 0. The lowest BCUT2D eigenvalue weighted by Gasteiger charge is -2.25. The fourth-order valence-electron chi connectivity index (χ4n) is 2.73. The molecule has 0 radical (unpaired) electrons. The molecule has 8 nitrogen and oxygen atoms in total. The van der Waals surface area contributed by atoms with E-state index < -0.39 is 11.6 Å². The molecule has 3 rings (SSSR count). The van der Waals surface area contributed by atoms with Crippen molar-refractivity contribution in [3.05, 3.63) is 71.4 Å². The van der Waals surface area contributed by atoms with Gasteiger partial charge >= 0.3 is 12.0 Å². The van der Waals surface area contributed by atoms with Gasteiger partial charge in [-0.25, -0.2) is 4.79 Å². The number of para-hydroxylation sites is 2. The van der Waals surface area contributed by atoms with Crippen LogP contribution in [-0.2, 0) is 15.1 Å². The molecule has 0 amide bonds. The van der Waals surface area contributed by atoms with Crippen molar-refractivity contribution < 1.29 is 24.1 Å². The van der Waals surface area contributed by atoms with Gasteiger partial charge < -0.3 is 19.3 Å². The van der Waals surface area contributed by atoms with Crippen LogP contribution in [0.25, 0.3) is 0 Å². The second kappa shape index (κ2) is 8.59. The minimum absolute atomic E-state index is 0.00193. The Balaban J connectivity index is 1.96. The van der Waals surface area contributed by atoms with Crippen molar-refractivity contribution in [2.24, 2.45) is 0 Å². The molecular weight excluding hydrogens is 386 g/mol. The number of aryl methyl sites for hydroxylation is 1. The van der Waals surface area contributed by atoms with E-state index in [0.29, 0.717) is 22.6 Å². The van der Waals surface area contributed by atoms with Crippen LogP contribution in [0.2, 0.25) is 0 Å². The predicted octanol–water partition coefficient (Wildman–Crippen LogP) is 4.19. The first-order valence-corrected chi connectivity index (χ1v) is 8.96. The third-order valence-corrected chi connectivity index (χ3v) is 4.45. The third kappa shape index (κ3) is 4.21. The second-order valence-corrected chi connectivity index (χ2v) is 6.48. The van der Waals surface area contributed by atoms with Crippen molar-refractivity contribution in [3.8, 4) is 29.5 Å². The van der Waals surface area contributed by atoms with Crippen molar-refractivity contribution in [3.63, 3.8) is 0 Å². The van der Waals surface area contributed by atoms with E-state index in [1.54, 1.807) is 61.5 Å². The Labute approximate surface area is 173 Å². The molecule has 1 unspecified atom stereocenters. The fourth-order valence-corrected chi connectivity index (χ4v) is 2.73. The van der Waals surface area contributed by atoms with E-state index in [0.717, 1.165) is 0 Å². The summed E-state index contributed by atoms with van der Waals surface area (Å²) in [4.78, 5) is 20.2. The minimum atomic E-state index is -1.61. The van der Waals surface area contributed by atoms with E-state index in [1.807, 2.05) is 6.07 Å². The van der Waals surface area contributed by atoms with E-state index in [1.165, 1.54) is 14.0 Å². The first-order chi connectivity index (χ1) is 14.4. The van der Waals surface area contributed by atoms with Crippen molar-refractivity contribution in [2.45, 2.75) is 19.4 Å². The van der Waals surface area contributed by atoms with Gasteiger partial charge in [0.1, 0.15) is 17.6 Å². The van der Waals surface area contributed by atoms with E-state index in [2.05, 4.69) is 9.97 Å². The normalized spacial score (nSPS) is 12.5. The van der Waals surface area contributed by atoms with Gasteiger partial charge in [-0.15, -0.1) is 0 Å². The third-order valence-electron chi connectivity index (χ3n) is 4.45. The number of carbonyl (C=O) groups is 1. The monoisotopic (exact) mass is 405 g/mol. The number of nitriles is 1. The highest BCUT2D eigenvalue weighted by Gasteiger charge is 2.38. The molecule has 0 aliphatic carbocycles. The number of rotatable bonds is 7. The van der Waals surface area contributed by atoms with Gasteiger partial charge in [-0.3, -0.25) is 0 Å². The quantitative estimate of drug-likeness (QED) is 0.622. The smallest absolute Gasteiger partial charge is 0.340 e. The molecule has 3 aromatic rings. The molecular formula is C22H19N3O5. The van der Waals surface area contributed by atoms with E-state index >= 15 is 0 Å². The van der Waals surface area contributed by atoms with Gasteiger partial charge in [0.25, 0.3) is 0 Å². The van der Waals surface area contributed by atoms with Gasteiger partial charge in [0.2, 0.25) is 5.88 Å². The molecule has 152 valence electrons. The lowest BCUT2D eigenvalue weighted by atomic mass is 9.95. The molecule has 30 heavy (non-hydrogen) atoms. The van der Waals surface area contributed by atoms with Crippen LogP contribution in [0.5, 0.6) is 23.4 Å². The van der Waals surface area contributed by atoms with Gasteiger partial charge in [-0.2, -0.15) is 15.2 Å². The predicted molar refractivity (Wildman–Crippen MR) is 107 cm³/mol. The first-order valence-electron chi connectivity index (χ1n) is 8.96. The van der Waals surface area contributed by atoms with Gasteiger partial charge in [0.05, 0.1) is 5.56 Å². The Kier molecular flexibility index (Phi) is 5.95. The summed E-state index contributed by atoms with van der Waals surface area (Å²) in [5.74, 6) is -0.416. The zero-order chi connectivity index (χ0) is 21.7. The van der Waals surface area contributed by atoms with Crippen LogP contribution >= 0.6 is 0 Å². The Morgan fingerprint density at radius 3 is 2.40 bits per heavy atom. The van der Waals surface area contributed by atoms with Crippen LogP contribution in [0.3, 0.4) is 0 Å². The topological polar surface area (TPSA) is 115 Å². The number of ether oxygens (including phenoxy) is 3. The number of methoxy groups -OCH3 is 1. The molecule has 0 aliphatic rings.